The summed E-state index contributed by atoms with van der Waals surface area (Å²) in [6, 6.07) is -1.79. The summed E-state index contributed by atoms with van der Waals surface area (Å²) in [7, 11) is 2.46. The van der Waals surface area contributed by atoms with Crippen LogP contribution in [-0.4, -0.2) is 62.2 Å². The van der Waals surface area contributed by atoms with Crippen molar-refractivity contribution in [2.75, 3.05) is 21.3 Å². The van der Waals surface area contributed by atoms with Crippen molar-refractivity contribution >= 4 is 17.8 Å². The van der Waals surface area contributed by atoms with Gasteiger partial charge in [-0.3, -0.25) is 9.59 Å². The van der Waals surface area contributed by atoms with E-state index >= 15 is 0 Å². The van der Waals surface area contributed by atoms with Crippen LogP contribution in [0.1, 0.15) is 12.8 Å². The zero-order valence-corrected chi connectivity index (χ0v) is 11.9. The second-order valence-electron chi connectivity index (χ2n) is 4.14. The van der Waals surface area contributed by atoms with E-state index in [0.717, 1.165) is 14.2 Å². The largest absolute Gasteiger partial charge is 0.469 e. The lowest BCUT2D eigenvalue weighted by Gasteiger charge is -2.29. The first-order chi connectivity index (χ1) is 9.90. The Kier molecular flexibility index (Phi) is 6.71. The van der Waals surface area contributed by atoms with Gasteiger partial charge in [-0.05, 0) is 6.42 Å². The number of amides is 1. The molecule has 0 aliphatic carbocycles. The molecule has 128 valence electrons. The predicted octanol–water partition coefficient (Wildman–Crippen LogP) is 1.14. The van der Waals surface area contributed by atoms with E-state index in [2.05, 4.69) is 9.47 Å². The third-order valence-electron chi connectivity index (χ3n) is 2.74. The van der Waals surface area contributed by atoms with Crippen molar-refractivity contribution in [2.24, 2.45) is 0 Å². The Balaban J connectivity index is 5.27. The zero-order valence-electron chi connectivity index (χ0n) is 11.9. The number of alkyl halides is 5. The first-order valence-corrected chi connectivity index (χ1v) is 5.76. The fourth-order valence-electron chi connectivity index (χ4n) is 1.45. The normalized spacial score (nSPS) is 13.3. The Labute approximate surface area is 122 Å². The monoisotopic (exact) mass is 335 g/mol. The summed E-state index contributed by atoms with van der Waals surface area (Å²) in [4.78, 5) is 33.6. The third kappa shape index (κ3) is 4.53. The second-order valence-corrected chi connectivity index (χ2v) is 4.14. The van der Waals surface area contributed by atoms with Gasteiger partial charge in [0.1, 0.15) is 6.04 Å². The van der Waals surface area contributed by atoms with Crippen LogP contribution in [0.5, 0.6) is 0 Å². The van der Waals surface area contributed by atoms with E-state index in [1.165, 1.54) is 0 Å². The molecule has 0 aliphatic rings. The number of nitrogens with zero attached hydrogens (tertiary/aromatic N) is 1. The Morgan fingerprint density at radius 2 is 1.55 bits per heavy atom. The average molecular weight is 335 g/mol. The molecule has 0 saturated heterocycles. The maximum absolute atomic E-state index is 13.0. The van der Waals surface area contributed by atoms with Gasteiger partial charge in [-0.2, -0.15) is 22.0 Å². The van der Waals surface area contributed by atoms with Crippen molar-refractivity contribution < 1.29 is 45.8 Å². The highest BCUT2D eigenvalue weighted by molar-refractivity contribution is 5.89. The summed E-state index contributed by atoms with van der Waals surface area (Å²) in [6.07, 6.45) is -7.12. The summed E-state index contributed by atoms with van der Waals surface area (Å²) in [5, 5.41) is 0. The molecule has 0 fully saturated rings. The van der Waals surface area contributed by atoms with E-state index < -0.39 is 48.8 Å². The summed E-state index contributed by atoms with van der Waals surface area (Å²) in [5.41, 5.74) is 0. The van der Waals surface area contributed by atoms with E-state index in [-0.39, 0.29) is 4.90 Å². The van der Waals surface area contributed by atoms with Crippen LogP contribution in [-0.2, 0) is 23.9 Å². The topological polar surface area (TPSA) is 72.9 Å². The van der Waals surface area contributed by atoms with Gasteiger partial charge in [-0.25, -0.2) is 4.79 Å². The minimum Gasteiger partial charge on any atom is -0.469 e. The molecule has 22 heavy (non-hydrogen) atoms. The van der Waals surface area contributed by atoms with Crippen molar-refractivity contribution in [3.63, 3.8) is 0 Å². The van der Waals surface area contributed by atoms with E-state index in [1.54, 1.807) is 0 Å². The molecule has 1 amide bonds. The van der Waals surface area contributed by atoms with Gasteiger partial charge in [0.05, 0.1) is 14.2 Å². The van der Waals surface area contributed by atoms with Gasteiger partial charge in [0, 0.05) is 13.5 Å². The number of ether oxygens (including phenoxy) is 2. The molecule has 0 radical (unpaired) electrons. The summed E-state index contributed by atoms with van der Waals surface area (Å²) < 4.78 is 71.0. The standard InChI is InChI=1S/C11H14F5NO5/c1-17(9(20)10(12,13)11(14,15)16)6(8(19)22-3)4-5-7(18)21-2/h6H,4-5H2,1-3H3. The van der Waals surface area contributed by atoms with Crippen LogP contribution in [0.4, 0.5) is 22.0 Å². The molecular weight excluding hydrogens is 321 g/mol. The number of hydrogen-bond donors (Lipinski definition) is 0. The molecule has 0 saturated carbocycles. The number of halogens is 5. The van der Waals surface area contributed by atoms with Gasteiger partial charge in [0.25, 0.3) is 0 Å². The molecule has 1 atom stereocenters. The maximum Gasteiger partial charge on any atom is 0.463 e. The fourth-order valence-corrected chi connectivity index (χ4v) is 1.45. The van der Waals surface area contributed by atoms with Gasteiger partial charge in [0.15, 0.2) is 0 Å². The predicted molar refractivity (Wildman–Crippen MR) is 60.8 cm³/mol. The number of carbonyl (C=O) groups excluding carboxylic acids is 3. The first kappa shape index (κ1) is 20.1. The fraction of sp³-hybridized carbons (Fsp3) is 0.727. The molecule has 0 aromatic rings. The summed E-state index contributed by atoms with van der Waals surface area (Å²) in [5.74, 6) is -10.4. The number of hydrogen-bond acceptors (Lipinski definition) is 5. The van der Waals surface area contributed by atoms with Gasteiger partial charge >= 0.3 is 29.9 Å². The van der Waals surface area contributed by atoms with Crippen LogP contribution in [0.2, 0.25) is 0 Å². The molecule has 0 N–H and O–H groups in total. The Bertz CT molecular complexity index is 437. The number of rotatable bonds is 6. The van der Waals surface area contributed by atoms with E-state index in [9.17, 15) is 36.3 Å². The molecule has 0 bridgehead atoms. The number of esters is 2. The van der Waals surface area contributed by atoms with Crippen LogP contribution in [0, 0.1) is 0 Å². The molecule has 1 unspecified atom stereocenters. The lowest BCUT2D eigenvalue weighted by atomic mass is 10.1. The molecule has 0 aliphatic heterocycles. The average Bonchev–Trinajstić information content (AvgIpc) is 2.44. The highest BCUT2D eigenvalue weighted by Crippen LogP contribution is 2.37. The highest BCUT2D eigenvalue weighted by atomic mass is 19.4. The van der Waals surface area contributed by atoms with Crippen LogP contribution in [0.25, 0.3) is 0 Å². The Morgan fingerprint density at radius 3 is 1.91 bits per heavy atom. The Hall–Kier alpha value is -1.94. The van der Waals surface area contributed by atoms with Gasteiger partial charge in [-0.1, -0.05) is 0 Å². The minimum absolute atomic E-state index is 0.0950. The highest BCUT2D eigenvalue weighted by Gasteiger charge is 2.65. The zero-order chi connectivity index (χ0) is 17.7. The third-order valence-corrected chi connectivity index (χ3v) is 2.74. The van der Waals surface area contributed by atoms with Crippen molar-refractivity contribution in [3.8, 4) is 0 Å². The Morgan fingerprint density at radius 1 is 1.05 bits per heavy atom. The van der Waals surface area contributed by atoms with Crippen LogP contribution in [0.15, 0.2) is 0 Å². The van der Waals surface area contributed by atoms with Gasteiger partial charge in [0.2, 0.25) is 0 Å². The minimum atomic E-state index is -6.11. The van der Waals surface area contributed by atoms with Crippen molar-refractivity contribution in [3.05, 3.63) is 0 Å². The quantitative estimate of drug-likeness (QED) is 0.538. The van der Waals surface area contributed by atoms with Crippen LogP contribution < -0.4 is 0 Å². The number of carbonyl (C=O) groups is 3. The summed E-state index contributed by atoms with van der Waals surface area (Å²) >= 11 is 0. The number of methoxy groups -OCH3 is 2. The lowest BCUT2D eigenvalue weighted by molar-refractivity contribution is -0.274. The molecule has 0 spiro atoms. The lowest BCUT2D eigenvalue weighted by Crippen LogP contribution is -2.55. The first-order valence-electron chi connectivity index (χ1n) is 5.76. The van der Waals surface area contributed by atoms with E-state index in [1.807, 2.05) is 0 Å². The molecule has 0 heterocycles. The van der Waals surface area contributed by atoms with Gasteiger partial charge in [-0.15, -0.1) is 0 Å². The molecule has 6 nitrogen and oxygen atoms in total. The molecule has 0 aromatic carbocycles. The molecule has 0 rings (SSSR count). The second kappa shape index (κ2) is 7.36. The van der Waals surface area contributed by atoms with Crippen molar-refractivity contribution in [1.29, 1.82) is 0 Å². The van der Waals surface area contributed by atoms with E-state index in [0.29, 0.717) is 7.05 Å². The van der Waals surface area contributed by atoms with Crippen LogP contribution >= 0.6 is 0 Å². The summed E-state index contributed by atoms with van der Waals surface area (Å²) in [6.45, 7) is 0. The van der Waals surface area contributed by atoms with E-state index in [4.69, 9.17) is 0 Å². The molecular formula is C11H14F5NO5. The molecule has 0 aromatic heterocycles. The van der Waals surface area contributed by atoms with Crippen molar-refractivity contribution in [2.45, 2.75) is 31.0 Å². The van der Waals surface area contributed by atoms with Crippen molar-refractivity contribution in [1.82, 2.24) is 4.90 Å². The van der Waals surface area contributed by atoms with Crippen LogP contribution in [0.3, 0.4) is 0 Å². The number of likely N-dealkylation sites (N-methyl/N-ethyl adjacent to an activating group) is 1. The smallest absolute Gasteiger partial charge is 0.463 e. The maximum atomic E-state index is 13.0. The molecule has 11 heteroatoms. The SMILES string of the molecule is COC(=O)CCC(C(=O)OC)N(C)C(=O)C(F)(F)C(F)(F)F. The van der Waals surface area contributed by atoms with Gasteiger partial charge < -0.3 is 14.4 Å².